The molecular formula is C25H25BrN2O6S. The number of benzene rings is 3. The van der Waals surface area contributed by atoms with Crippen LogP contribution in [0.2, 0.25) is 0 Å². The maximum Gasteiger partial charge on any atom is 0.337 e. The molecule has 0 aromatic heterocycles. The zero-order valence-electron chi connectivity index (χ0n) is 19.7. The van der Waals surface area contributed by atoms with Crippen molar-refractivity contribution in [2.45, 2.75) is 18.7 Å². The Morgan fingerprint density at radius 1 is 0.971 bits per heavy atom. The molecule has 0 fully saturated rings. The van der Waals surface area contributed by atoms with Crippen molar-refractivity contribution in [3.8, 4) is 5.75 Å². The summed E-state index contributed by atoms with van der Waals surface area (Å²) in [6.45, 7) is 3.16. The first-order valence-corrected chi connectivity index (χ1v) is 12.7. The number of nitrogens with one attached hydrogen (secondary N) is 1. The Morgan fingerprint density at radius 2 is 1.66 bits per heavy atom. The van der Waals surface area contributed by atoms with E-state index in [2.05, 4.69) is 21.2 Å². The molecule has 0 radical (unpaired) electrons. The lowest BCUT2D eigenvalue weighted by molar-refractivity contribution is -0.114. The maximum atomic E-state index is 13.6. The number of esters is 1. The summed E-state index contributed by atoms with van der Waals surface area (Å²) in [6.07, 6.45) is 0. The molecule has 35 heavy (non-hydrogen) atoms. The Hall–Kier alpha value is -3.37. The number of methoxy groups -OCH3 is 2. The van der Waals surface area contributed by atoms with E-state index in [4.69, 9.17) is 9.47 Å². The maximum absolute atomic E-state index is 13.6. The largest absolute Gasteiger partial charge is 0.496 e. The van der Waals surface area contributed by atoms with Crippen molar-refractivity contribution in [3.63, 3.8) is 0 Å². The van der Waals surface area contributed by atoms with Gasteiger partial charge in [-0.15, -0.1) is 0 Å². The molecule has 0 saturated carbocycles. The lowest BCUT2D eigenvalue weighted by atomic mass is 10.1. The monoisotopic (exact) mass is 560 g/mol. The molecule has 1 amide bonds. The normalized spacial score (nSPS) is 11.0. The summed E-state index contributed by atoms with van der Waals surface area (Å²) >= 11 is 3.32. The van der Waals surface area contributed by atoms with Gasteiger partial charge in [0.2, 0.25) is 5.91 Å². The Labute approximate surface area is 213 Å². The number of nitrogens with zero attached hydrogens (tertiary/aromatic N) is 1. The van der Waals surface area contributed by atoms with Crippen LogP contribution in [0.5, 0.6) is 5.75 Å². The van der Waals surface area contributed by atoms with Crippen molar-refractivity contribution in [1.82, 2.24) is 0 Å². The minimum Gasteiger partial charge on any atom is -0.496 e. The van der Waals surface area contributed by atoms with Gasteiger partial charge in [0.05, 0.1) is 34.8 Å². The quantitative estimate of drug-likeness (QED) is 0.401. The van der Waals surface area contributed by atoms with E-state index in [1.807, 2.05) is 6.92 Å². The van der Waals surface area contributed by atoms with Gasteiger partial charge >= 0.3 is 5.97 Å². The van der Waals surface area contributed by atoms with Crippen molar-refractivity contribution in [2.24, 2.45) is 0 Å². The molecule has 0 bridgehead atoms. The van der Waals surface area contributed by atoms with E-state index in [1.54, 1.807) is 43.3 Å². The van der Waals surface area contributed by atoms with Crippen molar-refractivity contribution in [1.29, 1.82) is 0 Å². The zero-order valence-corrected chi connectivity index (χ0v) is 22.1. The van der Waals surface area contributed by atoms with Crippen molar-refractivity contribution < 1.29 is 27.5 Å². The number of aryl methyl sites for hydroxylation is 2. The van der Waals surface area contributed by atoms with E-state index in [9.17, 15) is 18.0 Å². The average Bonchev–Trinajstić information content (AvgIpc) is 2.84. The molecule has 0 spiro atoms. The number of amides is 1. The van der Waals surface area contributed by atoms with Gasteiger partial charge in [-0.25, -0.2) is 13.2 Å². The first-order valence-electron chi connectivity index (χ1n) is 10.5. The second-order valence-corrected chi connectivity index (χ2v) is 10.4. The zero-order chi connectivity index (χ0) is 25.8. The van der Waals surface area contributed by atoms with E-state index in [0.717, 1.165) is 9.87 Å². The highest BCUT2D eigenvalue weighted by Crippen LogP contribution is 2.31. The van der Waals surface area contributed by atoms with Gasteiger partial charge in [-0.1, -0.05) is 23.8 Å². The van der Waals surface area contributed by atoms with Crippen LogP contribution in [0.4, 0.5) is 11.4 Å². The molecule has 184 valence electrons. The number of sulfonamides is 1. The van der Waals surface area contributed by atoms with Crippen LogP contribution in [-0.2, 0) is 19.6 Å². The highest BCUT2D eigenvalue weighted by atomic mass is 79.9. The Morgan fingerprint density at radius 3 is 2.26 bits per heavy atom. The van der Waals surface area contributed by atoms with Crippen LogP contribution >= 0.6 is 15.9 Å². The van der Waals surface area contributed by atoms with Crippen LogP contribution in [0.1, 0.15) is 21.5 Å². The fourth-order valence-corrected chi connectivity index (χ4v) is 5.42. The van der Waals surface area contributed by atoms with Crippen molar-refractivity contribution in [2.75, 3.05) is 30.4 Å². The second kappa shape index (κ2) is 10.9. The lowest BCUT2D eigenvalue weighted by Gasteiger charge is -2.25. The molecule has 10 heteroatoms. The summed E-state index contributed by atoms with van der Waals surface area (Å²) in [4.78, 5) is 24.9. The molecule has 0 saturated heterocycles. The smallest absolute Gasteiger partial charge is 0.337 e. The highest BCUT2D eigenvalue weighted by Gasteiger charge is 2.28. The molecule has 3 rings (SSSR count). The van der Waals surface area contributed by atoms with Gasteiger partial charge in [-0.05, 0) is 77.8 Å². The molecule has 0 atom stereocenters. The molecule has 0 aliphatic heterocycles. The van der Waals surface area contributed by atoms with Gasteiger partial charge in [-0.2, -0.15) is 0 Å². The van der Waals surface area contributed by atoms with Crippen LogP contribution in [0.15, 0.2) is 70.0 Å². The van der Waals surface area contributed by atoms with Gasteiger partial charge in [0.15, 0.2) is 0 Å². The molecule has 0 heterocycles. The summed E-state index contributed by atoms with van der Waals surface area (Å²) in [5.74, 6) is -0.647. The molecule has 0 unspecified atom stereocenters. The summed E-state index contributed by atoms with van der Waals surface area (Å²) in [5.41, 5.74) is 2.62. The van der Waals surface area contributed by atoms with Gasteiger partial charge in [-0.3, -0.25) is 9.10 Å². The predicted octanol–water partition coefficient (Wildman–Crippen LogP) is 4.70. The number of rotatable bonds is 8. The SMILES string of the molecule is COC(=O)c1ccc(C)c(NC(=O)CN(c2ccc(C)cc2)S(=O)(=O)c2ccc(OC)c(Br)c2)c1. The van der Waals surface area contributed by atoms with E-state index in [0.29, 0.717) is 27.2 Å². The van der Waals surface area contributed by atoms with E-state index in [1.165, 1.54) is 38.5 Å². The van der Waals surface area contributed by atoms with E-state index < -0.39 is 28.4 Å². The fourth-order valence-electron chi connectivity index (χ4n) is 3.28. The average molecular weight is 561 g/mol. The summed E-state index contributed by atoms with van der Waals surface area (Å²) < 4.78 is 38.7. The highest BCUT2D eigenvalue weighted by molar-refractivity contribution is 9.10. The molecule has 0 aliphatic rings. The number of carbonyl (C=O) groups is 2. The minimum atomic E-state index is -4.12. The van der Waals surface area contributed by atoms with Crippen LogP contribution < -0.4 is 14.4 Å². The molecule has 0 aliphatic carbocycles. The number of anilines is 2. The van der Waals surface area contributed by atoms with Crippen LogP contribution in [0.3, 0.4) is 0 Å². The second-order valence-electron chi connectivity index (χ2n) is 7.71. The summed E-state index contributed by atoms with van der Waals surface area (Å²) in [6, 6.07) is 15.9. The van der Waals surface area contributed by atoms with Gasteiger partial charge in [0.25, 0.3) is 10.0 Å². The predicted molar refractivity (Wildman–Crippen MR) is 138 cm³/mol. The van der Waals surface area contributed by atoms with E-state index in [-0.39, 0.29) is 10.5 Å². The van der Waals surface area contributed by atoms with Gasteiger partial charge in [0.1, 0.15) is 12.3 Å². The third-order valence-corrected chi connectivity index (χ3v) is 7.64. The minimum absolute atomic E-state index is 0.0116. The Balaban J connectivity index is 1.97. The molecule has 8 nitrogen and oxygen atoms in total. The molecule has 1 N–H and O–H groups in total. The third kappa shape index (κ3) is 6.01. The number of hydrogen-bond donors (Lipinski definition) is 1. The topological polar surface area (TPSA) is 102 Å². The lowest BCUT2D eigenvalue weighted by Crippen LogP contribution is -2.38. The Bertz CT molecular complexity index is 1360. The number of halogens is 1. The fraction of sp³-hybridized carbons (Fsp3) is 0.200. The Kier molecular flexibility index (Phi) is 8.18. The van der Waals surface area contributed by atoms with Crippen LogP contribution in [0.25, 0.3) is 0 Å². The standard InChI is InChI=1S/C25H25BrN2O6S/c1-16-5-9-19(10-6-16)28(35(31,32)20-11-12-23(33-3)21(26)14-20)15-24(29)27-22-13-18(25(30)34-4)8-7-17(22)2/h5-14H,15H2,1-4H3,(H,27,29). The van der Waals surface area contributed by atoms with E-state index >= 15 is 0 Å². The third-order valence-electron chi connectivity index (χ3n) is 5.25. The first kappa shape index (κ1) is 26.2. The number of ether oxygens (including phenoxy) is 2. The number of carbonyl (C=O) groups excluding carboxylic acids is 2. The summed E-state index contributed by atoms with van der Waals surface area (Å²) in [5, 5.41) is 2.71. The van der Waals surface area contributed by atoms with Crippen LogP contribution in [-0.4, -0.2) is 41.1 Å². The van der Waals surface area contributed by atoms with Crippen LogP contribution in [0, 0.1) is 13.8 Å². The van der Waals surface area contributed by atoms with Gasteiger partial charge in [0, 0.05) is 5.69 Å². The summed E-state index contributed by atoms with van der Waals surface area (Å²) in [7, 11) is -1.38. The molecule has 3 aromatic carbocycles. The molecular weight excluding hydrogens is 536 g/mol. The number of hydrogen-bond acceptors (Lipinski definition) is 6. The molecule has 3 aromatic rings. The van der Waals surface area contributed by atoms with Crippen molar-refractivity contribution in [3.05, 3.63) is 81.8 Å². The van der Waals surface area contributed by atoms with Crippen molar-refractivity contribution >= 4 is 49.2 Å². The van der Waals surface area contributed by atoms with Gasteiger partial charge < -0.3 is 14.8 Å². The first-order chi connectivity index (χ1) is 16.6.